The molecule has 25 heavy (non-hydrogen) atoms. The first-order valence-electron chi connectivity index (χ1n) is 8.63. The van der Waals surface area contributed by atoms with Gasteiger partial charge in [-0.05, 0) is 44.6 Å². The summed E-state index contributed by atoms with van der Waals surface area (Å²) in [6, 6.07) is 0. The summed E-state index contributed by atoms with van der Waals surface area (Å²) in [7, 11) is 1.80. The molecule has 1 fully saturated rings. The van der Waals surface area contributed by atoms with Gasteiger partial charge in [-0.25, -0.2) is 4.98 Å². The molecule has 2 aliphatic carbocycles. The second kappa shape index (κ2) is 5.67. The highest BCUT2D eigenvalue weighted by atomic mass is 32.2. The molecule has 6 nitrogen and oxygen atoms in total. The van der Waals surface area contributed by atoms with Gasteiger partial charge in [0, 0.05) is 17.8 Å². The average molecular weight is 374 g/mol. The zero-order valence-corrected chi connectivity index (χ0v) is 15.7. The Hall–Kier alpha value is -1.67. The first-order valence-corrected chi connectivity index (χ1v) is 10.3. The monoisotopic (exact) mass is 374 g/mol. The molecule has 130 valence electrons. The summed E-state index contributed by atoms with van der Waals surface area (Å²) < 4.78 is 7.07. The van der Waals surface area contributed by atoms with E-state index in [4.69, 9.17) is 9.51 Å². The zero-order chi connectivity index (χ0) is 17.1. The molecule has 5 rings (SSSR count). The Bertz CT molecular complexity index is 1030. The Morgan fingerprint density at radius 1 is 1.32 bits per heavy atom. The van der Waals surface area contributed by atoms with Gasteiger partial charge in [0.25, 0.3) is 5.56 Å². The summed E-state index contributed by atoms with van der Waals surface area (Å²) in [4.78, 5) is 24.3. The van der Waals surface area contributed by atoms with Crippen molar-refractivity contribution in [2.75, 3.05) is 0 Å². The maximum atomic E-state index is 12.9. The highest BCUT2D eigenvalue weighted by Crippen LogP contribution is 2.40. The molecule has 3 aromatic heterocycles. The van der Waals surface area contributed by atoms with Crippen LogP contribution in [-0.2, 0) is 19.9 Å². The molecule has 8 heteroatoms. The van der Waals surface area contributed by atoms with Crippen LogP contribution in [0.4, 0.5) is 0 Å². The lowest BCUT2D eigenvalue weighted by Crippen LogP contribution is -2.20. The number of thioether (sulfide) groups is 1. The van der Waals surface area contributed by atoms with Crippen LogP contribution in [0, 0.1) is 0 Å². The third-order valence-corrected chi connectivity index (χ3v) is 7.25. The number of aryl methyl sites for hydroxylation is 2. The second-order valence-corrected chi connectivity index (χ2v) is 9.21. The van der Waals surface area contributed by atoms with Gasteiger partial charge in [0.05, 0.1) is 10.6 Å². The maximum Gasteiger partial charge on any atom is 0.262 e. The minimum Gasteiger partial charge on any atom is -0.338 e. The van der Waals surface area contributed by atoms with E-state index in [2.05, 4.69) is 10.1 Å². The Morgan fingerprint density at radius 2 is 2.16 bits per heavy atom. The van der Waals surface area contributed by atoms with Crippen LogP contribution in [-0.4, -0.2) is 19.7 Å². The van der Waals surface area contributed by atoms with E-state index in [1.807, 2.05) is 6.92 Å². The van der Waals surface area contributed by atoms with E-state index >= 15 is 0 Å². The second-order valence-electron chi connectivity index (χ2n) is 6.82. The minimum atomic E-state index is -0.0395. The topological polar surface area (TPSA) is 73.8 Å². The van der Waals surface area contributed by atoms with Crippen molar-refractivity contribution in [3.63, 3.8) is 0 Å². The van der Waals surface area contributed by atoms with E-state index < -0.39 is 0 Å². The molecular formula is C17H18N4O2S2. The molecule has 1 atom stereocenters. The van der Waals surface area contributed by atoms with Crippen LogP contribution in [0.25, 0.3) is 10.2 Å². The van der Waals surface area contributed by atoms with Crippen LogP contribution in [0.5, 0.6) is 0 Å². The zero-order valence-electron chi connectivity index (χ0n) is 14.1. The quantitative estimate of drug-likeness (QED) is 0.513. The van der Waals surface area contributed by atoms with Crippen LogP contribution in [0.1, 0.15) is 59.5 Å². The third kappa shape index (κ3) is 2.54. The molecule has 3 aromatic rings. The number of hydrogen-bond donors (Lipinski definition) is 0. The predicted octanol–water partition coefficient (Wildman–Crippen LogP) is 3.60. The summed E-state index contributed by atoms with van der Waals surface area (Å²) in [6.45, 7) is 2.01. The lowest BCUT2D eigenvalue weighted by atomic mass is 10.2. The van der Waals surface area contributed by atoms with Crippen molar-refractivity contribution in [2.45, 2.75) is 55.4 Å². The molecule has 1 saturated carbocycles. The molecular weight excluding hydrogens is 356 g/mol. The largest absolute Gasteiger partial charge is 0.338 e. The molecule has 0 radical (unpaired) electrons. The number of fused-ring (bicyclic) bond motifs is 3. The molecule has 0 bridgehead atoms. The van der Waals surface area contributed by atoms with Crippen molar-refractivity contribution in [2.24, 2.45) is 7.05 Å². The van der Waals surface area contributed by atoms with Crippen molar-refractivity contribution in [3.8, 4) is 0 Å². The van der Waals surface area contributed by atoms with Crippen molar-refractivity contribution >= 4 is 33.3 Å². The third-order valence-electron chi connectivity index (χ3n) is 4.94. The molecule has 3 heterocycles. The molecule has 0 aliphatic heterocycles. The van der Waals surface area contributed by atoms with Crippen molar-refractivity contribution < 1.29 is 4.52 Å². The Balaban J connectivity index is 1.49. The molecule has 0 saturated heterocycles. The number of thiophene rings is 1. The van der Waals surface area contributed by atoms with Gasteiger partial charge in [0.1, 0.15) is 4.83 Å². The molecule has 2 aliphatic rings. The normalized spacial score (nSPS) is 18.0. The molecule has 0 amide bonds. The molecule has 1 unspecified atom stereocenters. The number of rotatable bonds is 4. The SMILES string of the molecule is CC(Sc1nc2sc3c(c2c(=O)n1C)CCC3)c1nc(C2CC2)no1. The van der Waals surface area contributed by atoms with Gasteiger partial charge in [-0.1, -0.05) is 16.9 Å². The van der Waals surface area contributed by atoms with Crippen molar-refractivity contribution in [3.05, 3.63) is 32.5 Å². The fraction of sp³-hybridized carbons (Fsp3) is 0.529. The van der Waals surface area contributed by atoms with E-state index in [9.17, 15) is 4.79 Å². The number of nitrogens with zero attached hydrogens (tertiary/aromatic N) is 4. The van der Waals surface area contributed by atoms with Gasteiger partial charge in [-0.2, -0.15) is 4.98 Å². The van der Waals surface area contributed by atoms with Crippen LogP contribution >= 0.6 is 23.1 Å². The first kappa shape index (κ1) is 15.6. The van der Waals surface area contributed by atoms with Gasteiger partial charge in [0.15, 0.2) is 11.0 Å². The predicted molar refractivity (Wildman–Crippen MR) is 97.4 cm³/mol. The fourth-order valence-electron chi connectivity index (χ4n) is 3.34. The van der Waals surface area contributed by atoms with Crippen LogP contribution in [0.15, 0.2) is 14.5 Å². The van der Waals surface area contributed by atoms with Crippen molar-refractivity contribution in [1.29, 1.82) is 0 Å². The van der Waals surface area contributed by atoms with Crippen LogP contribution < -0.4 is 5.56 Å². The van der Waals surface area contributed by atoms with Gasteiger partial charge < -0.3 is 4.52 Å². The minimum absolute atomic E-state index is 0.0395. The Morgan fingerprint density at radius 3 is 2.96 bits per heavy atom. The highest BCUT2D eigenvalue weighted by Gasteiger charge is 2.30. The fourth-order valence-corrected chi connectivity index (χ4v) is 5.55. The summed E-state index contributed by atoms with van der Waals surface area (Å²) in [5.41, 5.74) is 1.28. The van der Waals surface area contributed by atoms with Crippen molar-refractivity contribution in [1.82, 2.24) is 19.7 Å². The van der Waals surface area contributed by atoms with Crippen LogP contribution in [0.2, 0.25) is 0 Å². The van der Waals surface area contributed by atoms with Crippen LogP contribution in [0.3, 0.4) is 0 Å². The van der Waals surface area contributed by atoms with Gasteiger partial charge in [-0.15, -0.1) is 11.3 Å². The average Bonchev–Trinajstić information content (AvgIpc) is 3.02. The summed E-state index contributed by atoms with van der Waals surface area (Å²) in [5, 5.41) is 5.57. The van der Waals surface area contributed by atoms with E-state index in [0.29, 0.717) is 17.0 Å². The Labute approximate surface area is 152 Å². The smallest absolute Gasteiger partial charge is 0.262 e. The molecule has 0 spiro atoms. The van der Waals surface area contributed by atoms with Gasteiger partial charge >= 0.3 is 0 Å². The summed E-state index contributed by atoms with van der Waals surface area (Å²) in [5.74, 6) is 1.89. The lowest BCUT2D eigenvalue weighted by molar-refractivity contribution is 0.374. The van der Waals surface area contributed by atoms with Gasteiger partial charge in [-0.3, -0.25) is 9.36 Å². The van der Waals surface area contributed by atoms with E-state index in [1.165, 1.54) is 22.2 Å². The molecule has 0 aromatic carbocycles. The number of hydrogen-bond acceptors (Lipinski definition) is 7. The van der Waals surface area contributed by atoms with E-state index in [-0.39, 0.29) is 10.8 Å². The number of aromatic nitrogens is 4. The standard InChI is InChI=1S/C17H18N4O2S2/c1-8(14-18-13(20-23-14)9-6-7-9)24-17-19-15-12(16(22)21(17)2)10-4-3-5-11(10)25-15/h8-9H,3-7H2,1-2H3. The van der Waals surface area contributed by atoms with E-state index in [1.54, 1.807) is 23.0 Å². The van der Waals surface area contributed by atoms with E-state index in [0.717, 1.165) is 48.1 Å². The maximum absolute atomic E-state index is 12.9. The Kier molecular flexibility index (Phi) is 3.53. The first-order chi connectivity index (χ1) is 12.1. The van der Waals surface area contributed by atoms with Gasteiger partial charge in [0.2, 0.25) is 5.89 Å². The molecule has 0 N–H and O–H groups in total. The highest BCUT2D eigenvalue weighted by molar-refractivity contribution is 7.99. The summed E-state index contributed by atoms with van der Waals surface area (Å²) >= 11 is 3.17. The lowest BCUT2D eigenvalue weighted by Gasteiger charge is -2.10. The summed E-state index contributed by atoms with van der Waals surface area (Å²) in [6.07, 6.45) is 5.52.